The molecule has 0 fully saturated rings. The van der Waals surface area contributed by atoms with Crippen molar-refractivity contribution in [3.05, 3.63) is 89.5 Å². The van der Waals surface area contributed by atoms with Crippen molar-refractivity contribution in [3.8, 4) is 11.3 Å². The van der Waals surface area contributed by atoms with Crippen molar-refractivity contribution in [3.63, 3.8) is 0 Å². The summed E-state index contributed by atoms with van der Waals surface area (Å²) in [5.74, 6) is 0. The molecule has 2 heterocycles. The molecule has 0 N–H and O–H groups in total. The Morgan fingerprint density at radius 3 is 2.00 bits per heavy atom. The monoisotopic (exact) mass is 335 g/mol. The number of hydrogen-bond donors (Lipinski definition) is 0. The number of nitrogens with zero attached hydrogens (tertiary/aromatic N) is 1. The van der Waals surface area contributed by atoms with Gasteiger partial charge in [0.2, 0.25) is 0 Å². The van der Waals surface area contributed by atoms with Crippen LogP contribution in [0.2, 0.25) is 0 Å². The SMILES string of the molecule is Cc1ccc2c(c1)c1ccccc1c1ccc(-c3c(C)cccc3C)n12. The van der Waals surface area contributed by atoms with Crippen molar-refractivity contribution in [1.82, 2.24) is 4.40 Å². The van der Waals surface area contributed by atoms with Gasteiger partial charge in [-0.25, -0.2) is 0 Å². The Morgan fingerprint density at radius 1 is 0.577 bits per heavy atom. The van der Waals surface area contributed by atoms with Crippen LogP contribution < -0.4 is 0 Å². The van der Waals surface area contributed by atoms with Crippen molar-refractivity contribution < 1.29 is 0 Å². The smallest absolute Gasteiger partial charge is 0.0541 e. The molecule has 0 saturated heterocycles. The van der Waals surface area contributed by atoms with Crippen LogP contribution >= 0.6 is 0 Å². The molecule has 26 heavy (non-hydrogen) atoms. The molecule has 2 aromatic heterocycles. The first-order chi connectivity index (χ1) is 12.6. The first kappa shape index (κ1) is 15.2. The molecule has 3 aromatic carbocycles. The van der Waals surface area contributed by atoms with E-state index in [2.05, 4.69) is 98.0 Å². The second-order valence-electron chi connectivity index (χ2n) is 7.27. The maximum Gasteiger partial charge on any atom is 0.0541 e. The Kier molecular flexibility index (Phi) is 3.20. The number of pyridine rings is 1. The highest BCUT2D eigenvalue weighted by Crippen LogP contribution is 2.36. The second-order valence-corrected chi connectivity index (χ2v) is 7.27. The van der Waals surface area contributed by atoms with E-state index < -0.39 is 0 Å². The molecule has 0 amide bonds. The minimum atomic E-state index is 1.27. The minimum absolute atomic E-state index is 1.27. The zero-order valence-corrected chi connectivity index (χ0v) is 15.4. The molecule has 1 heteroatoms. The fourth-order valence-electron chi connectivity index (χ4n) is 4.32. The highest BCUT2D eigenvalue weighted by atomic mass is 14.9. The summed E-state index contributed by atoms with van der Waals surface area (Å²) in [5, 5.41) is 3.95. The van der Waals surface area contributed by atoms with Gasteiger partial charge >= 0.3 is 0 Å². The van der Waals surface area contributed by atoms with Crippen LogP contribution in [0.15, 0.2) is 72.8 Å². The first-order valence-electron chi connectivity index (χ1n) is 9.14. The molecule has 0 radical (unpaired) electrons. The molecule has 0 bridgehead atoms. The second kappa shape index (κ2) is 5.47. The maximum absolute atomic E-state index is 2.44. The fourth-order valence-corrected chi connectivity index (χ4v) is 4.32. The molecule has 5 aromatic rings. The molecule has 5 rings (SSSR count). The number of aromatic nitrogens is 1. The standard InChI is InChI=1S/C25H21N/c1-16-11-12-23-21(15-16)19-9-4-5-10-20(19)22-13-14-24(26(22)23)25-17(2)7-6-8-18(25)3/h4-15H,1-3H3. The van der Waals surface area contributed by atoms with Crippen molar-refractivity contribution in [2.24, 2.45) is 0 Å². The third kappa shape index (κ3) is 2.04. The molecule has 1 nitrogen and oxygen atoms in total. The van der Waals surface area contributed by atoms with E-state index in [1.54, 1.807) is 0 Å². The van der Waals surface area contributed by atoms with Gasteiger partial charge in [-0.2, -0.15) is 0 Å². The third-order valence-electron chi connectivity index (χ3n) is 5.50. The van der Waals surface area contributed by atoms with Gasteiger partial charge in [0, 0.05) is 16.3 Å². The molecular weight excluding hydrogens is 314 g/mol. The molecule has 0 aliphatic rings. The summed E-state index contributed by atoms with van der Waals surface area (Å²) >= 11 is 0. The van der Waals surface area contributed by atoms with E-state index in [-0.39, 0.29) is 0 Å². The quantitative estimate of drug-likeness (QED) is 0.295. The minimum Gasteiger partial charge on any atom is -0.309 e. The van der Waals surface area contributed by atoms with Crippen LogP contribution in [0.4, 0.5) is 0 Å². The van der Waals surface area contributed by atoms with Gasteiger partial charge in [-0.1, -0.05) is 54.1 Å². The number of benzene rings is 3. The van der Waals surface area contributed by atoms with Gasteiger partial charge in [-0.15, -0.1) is 0 Å². The lowest BCUT2D eigenvalue weighted by Crippen LogP contribution is -1.96. The van der Waals surface area contributed by atoms with Crippen LogP contribution in [-0.4, -0.2) is 4.40 Å². The van der Waals surface area contributed by atoms with E-state index in [0.717, 1.165) is 0 Å². The average Bonchev–Trinajstić information content (AvgIpc) is 3.07. The Bertz CT molecular complexity index is 1280. The molecule has 0 spiro atoms. The molecule has 126 valence electrons. The zero-order valence-electron chi connectivity index (χ0n) is 15.4. The van der Waals surface area contributed by atoms with E-state index >= 15 is 0 Å². The molecular formula is C25H21N. The van der Waals surface area contributed by atoms with Crippen LogP contribution in [-0.2, 0) is 0 Å². The number of aryl methyl sites for hydroxylation is 3. The highest BCUT2D eigenvalue weighted by molar-refractivity contribution is 6.13. The predicted octanol–water partition coefficient (Wildman–Crippen LogP) is 6.84. The molecule has 0 unspecified atom stereocenters. The van der Waals surface area contributed by atoms with Crippen LogP contribution in [0, 0.1) is 20.8 Å². The number of fused-ring (bicyclic) bond motifs is 6. The maximum atomic E-state index is 2.44. The third-order valence-corrected chi connectivity index (χ3v) is 5.50. The van der Waals surface area contributed by atoms with Gasteiger partial charge in [-0.05, 0) is 61.5 Å². The normalized spacial score (nSPS) is 11.7. The summed E-state index contributed by atoms with van der Waals surface area (Å²) in [5.41, 5.74) is 9.08. The van der Waals surface area contributed by atoms with Gasteiger partial charge < -0.3 is 4.40 Å². The van der Waals surface area contributed by atoms with Crippen LogP contribution in [0.3, 0.4) is 0 Å². The Morgan fingerprint density at radius 2 is 1.23 bits per heavy atom. The lowest BCUT2D eigenvalue weighted by atomic mass is 9.99. The molecule has 0 saturated carbocycles. The predicted molar refractivity (Wildman–Crippen MR) is 112 cm³/mol. The van der Waals surface area contributed by atoms with Gasteiger partial charge in [-0.3, -0.25) is 0 Å². The van der Waals surface area contributed by atoms with Crippen molar-refractivity contribution in [2.45, 2.75) is 20.8 Å². The summed E-state index contributed by atoms with van der Waals surface area (Å²) in [6.07, 6.45) is 0. The van der Waals surface area contributed by atoms with Crippen molar-refractivity contribution in [2.75, 3.05) is 0 Å². The zero-order chi connectivity index (χ0) is 17.8. The Labute approximate surface area is 153 Å². The van der Waals surface area contributed by atoms with E-state index in [9.17, 15) is 0 Å². The van der Waals surface area contributed by atoms with E-state index in [1.807, 2.05) is 0 Å². The Balaban J connectivity index is 2.05. The number of hydrogen-bond acceptors (Lipinski definition) is 0. The van der Waals surface area contributed by atoms with E-state index in [0.29, 0.717) is 0 Å². The summed E-state index contributed by atoms with van der Waals surface area (Å²) < 4.78 is 2.44. The lowest BCUT2D eigenvalue weighted by molar-refractivity contribution is 1.25. The van der Waals surface area contributed by atoms with Crippen LogP contribution in [0.1, 0.15) is 16.7 Å². The Hall–Kier alpha value is -3.06. The molecule has 0 atom stereocenters. The van der Waals surface area contributed by atoms with Gasteiger partial charge in [0.05, 0.1) is 16.7 Å². The van der Waals surface area contributed by atoms with E-state index in [4.69, 9.17) is 0 Å². The summed E-state index contributed by atoms with van der Waals surface area (Å²) in [6, 6.07) is 26.6. The molecule has 0 aliphatic carbocycles. The van der Waals surface area contributed by atoms with Crippen molar-refractivity contribution in [1.29, 1.82) is 0 Å². The number of rotatable bonds is 1. The molecule has 0 aliphatic heterocycles. The average molecular weight is 335 g/mol. The highest BCUT2D eigenvalue weighted by Gasteiger charge is 2.15. The summed E-state index contributed by atoms with van der Waals surface area (Å²) in [6.45, 7) is 6.57. The van der Waals surface area contributed by atoms with Crippen LogP contribution in [0.5, 0.6) is 0 Å². The van der Waals surface area contributed by atoms with Gasteiger partial charge in [0.25, 0.3) is 0 Å². The fraction of sp³-hybridized carbons (Fsp3) is 0.120. The summed E-state index contributed by atoms with van der Waals surface area (Å²) in [4.78, 5) is 0. The van der Waals surface area contributed by atoms with Gasteiger partial charge in [0.1, 0.15) is 0 Å². The van der Waals surface area contributed by atoms with Gasteiger partial charge in [0.15, 0.2) is 0 Å². The van der Waals surface area contributed by atoms with Crippen LogP contribution in [0.25, 0.3) is 38.4 Å². The largest absolute Gasteiger partial charge is 0.309 e. The topological polar surface area (TPSA) is 4.41 Å². The van der Waals surface area contributed by atoms with Crippen molar-refractivity contribution >= 4 is 27.2 Å². The van der Waals surface area contributed by atoms with E-state index in [1.165, 1.54) is 55.1 Å². The lowest BCUT2D eigenvalue weighted by Gasteiger charge is -2.15. The first-order valence-corrected chi connectivity index (χ1v) is 9.14. The summed E-state index contributed by atoms with van der Waals surface area (Å²) in [7, 11) is 0.